The molecule has 1 aliphatic heterocycles. The van der Waals surface area contributed by atoms with Gasteiger partial charge in [-0.25, -0.2) is 18.2 Å². The number of carbonyl (C=O) groups excluding carboxylic acids is 1. The Hall–Kier alpha value is -4.14. The summed E-state index contributed by atoms with van der Waals surface area (Å²) in [6.45, 7) is 0.401. The second-order valence-corrected chi connectivity index (χ2v) is 11.3. The molecule has 9 heteroatoms. The van der Waals surface area contributed by atoms with Crippen molar-refractivity contribution in [1.29, 1.82) is 0 Å². The number of hydrazone groups is 1. The van der Waals surface area contributed by atoms with E-state index in [-0.39, 0.29) is 16.8 Å². The van der Waals surface area contributed by atoms with E-state index in [9.17, 15) is 13.2 Å². The maximum Gasteiger partial charge on any atom is 0.342 e. The lowest BCUT2D eigenvalue weighted by atomic mass is 9.91. The highest BCUT2D eigenvalue weighted by Gasteiger charge is 2.32. The van der Waals surface area contributed by atoms with Crippen LogP contribution < -0.4 is 10.1 Å². The first-order valence-electron chi connectivity index (χ1n) is 11.8. The van der Waals surface area contributed by atoms with Crippen molar-refractivity contribution in [2.24, 2.45) is 5.10 Å². The molecule has 4 aromatic carbocycles. The predicted molar refractivity (Wildman–Crippen MR) is 149 cm³/mol. The molecule has 192 valence electrons. The summed E-state index contributed by atoms with van der Waals surface area (Å²) in [4.78, 5) is 13.3. The molecule has 7 nitrogen and oxygen atoms in total. The van der Waals surface area contributed by atoms with E-state index in [1.807, 2.05) is 54.6 Å². The molecule has 38 heavy (non-hydrogen) atoms. The van der Waals surface area contributed by atoms with Gasteiger partial charge < -0.3 is 10.1 Å². The molecule has 0 aliphatic carbocycles. The van der Waals surface area contributed by atoms with Gasteiger partial charge in [-0.2, -0.15) is 5.10 Å². The molecule has 5 rings (SSSR count). The minimum atomic E-state index is -3.27. The van der Waals surface area contributed by atoms with Gasteiger partial charge in [-0.3, -0.25) is 0 Å². The SMILES string of the molecule is CS(=O)(=O)c1ccc(Oc2ccc(NC(=O)N3CC(c4ccccc4)C(c4ccc(Cl)cc4)=N3)cc2)cc1. The minimum Gasteiger partial charge on any atom is -0.457 e. The highest BCUT2D eigenvalue weighted by molar-refractivity contribution is 7.90. The summed E-state index contributed by atoms with van der Waals surface area (Å²) in [6, 6.07) is 30.2. The Morgan fingerprint density at radius 3 is 2.11 bits per heavy atom. The third kappa shape index (κ3) is 5.88. The Balaban J connectivity index is 1.28. The molecule has 0 saturated heterocycles. The monoisotopic (exact) mass is 545 g/mol. The van der Waals surface area contributed by atoms with Gasteiger partial charge in [0, 0.05) is 22.9 Å². The van der Waals surface area contributed by atoms with Crippen LogP contribution >= 0.6 is 11.6 Å². The summed E-state index contributed by atoms with van der Waals surface area (Å²) in [5, 5.41) is 9.63. The first-order chi connectivity index (χ1) is 18.3. The molecule has 1 atom stereocenters. The van der Waals surface area contributed by atoms with Gasteiger partial charge in [0.15, 0.2) is 9.84 Å². The molecule has 0 bridgehead atoms. The van der Waals surface area contributed by atoms with Gasteiger partial charge in [-0.05, 0) is 71.8 Å². The number of hydrogen-bond donors (Lipinski definition) is 1. The normalized spacial score (nSPS) is 15.2. The van der Waals surface area contributed by atoms with Crippen molar-refractivity contribution in [1.82, 2.24) is 5.01 Å². The highest BCUT2D eigenvalue weighted by atomic mass is 35.5. The van der Waals surface area contributed by atoms with Crippen molar-refractivity contribution in [3.63, 3.8) is 0 Å². The topological polar surface area (TPSA) is 88.1 Å². The molecule has 1 aliphatic rings. The lowest BCUT2D eigenvalue weighted by Crippen LogP contribution is -2.30. The van der Waals surface area contributed by atoms with Crippen LogP contribution in [0.25, 0.3) is 0 Å². The second-order valence-electron chi connectivity index (χ2n) is 8.84. The van der Waals surface area contributed by atoms with Gasteiger partial charge >= 0.3 is 6.03 Å². The van der Waals surface area contributed by atoms with E-state index < -0.39 is 9.84 Å². The van der Waals surface area contributed by atoms with Crippen molar-refractivity contribution in [3.8, 4) is 11.5 Å². The van der Waals surface area contributed by atoms with E-state index in [0.717, 1.165) is 23.1 Å². The zero-order chi connectivity index (χ0) is 26.7. The highest BCUT2D eigenvalue weighted by Crippen LogP contribution is 2.30. The largest absolute Gasteiger partial charge is 0.457 e. The van der Waals surface area contributed by atoms with Crippen LogP contribution in [0.15, 0.2) is 113 Å². The Morgan fingerprint density at radius 1 is 0.895 bits per heavy atom. The summed E-state index contributed by atoms with van der Waals surface area (Å²) in [6.07, 6.45) is 1.16. The van der Waals surface area contributed by atoms with Crippen LogP contribution in [0.4, 0.5) is 10.5 Å². The predicted octanol–water partition coefficient (Wildman–Crippen LogP) is 6.57. The zero-order valence-corrected chi connectivity index (χ0v) is 22.0. The number of urea groups is 1. The maximum absolute atomic E-state index is 13.1. The Bertz CT molecular complexity index is 1570. The van der Waals surface area contributed by atoms with Crippen LogP contribution in [-0.2, 0) is 9.84 Å². The summed E-state index contributed by atoms with van der Waals surface area (Å²) in [7, 11) is -3.27. The number of hydrogen-bond acceptors (Lipinski definition) is 5. The van der Waals surface area contributed by atoms with Crippen molar-refractivity contribution in [2.75, 3.05) is 18.1 Å². The zero-order valence-electron chi connectivity index (χ0n) is 20.4. The van der Waals surface area contributed by atoms with Crippen LogP contribution in [0, 0.1) is 0 Å². The van der Waals surface area contributed by atoms with Crippen LogP contribution in [0.5, 0.6) is 11.5 Å². The molecule has 0 fully saturated rings. The van der Waals surface area contributed by atoms with Crippen molar-refractivity contribution < 1.29 is 17.9 Å². The molecular formula is C29H24ClN3O4S. The first-order valence-corrected chi connectivity index (χ1v) is 14.1. The number of nitrogens with one attached hydrogen (secondary N) is 1. The van der Waals surface area contributed by atoms with E-state index in [2.05, 4.69) is 10.4 Å². The van der Waals surface area contributed by atoms with Crippen LogP contribution in [-0.4, -0.2) is 38.0 Å². The number of halogens is 1. The fourth-order valence-corrected chi connectivity index (χ4v) is 4.90. The summed E-state index contributed by atoms with van der Waals surface area (Å²) >= 11 is 6.07. The van der Waals surface area contributed by atoms with Crippen molar-refractivity contribution in [2.45, 2.75) is 10.8 Å². The molecule has 1 N–H and O–H groups in total. The number of amides is 2. The van der Waals surface area contributed by atoms with E-state index in [1.165, 1.54) is 17.1 Å². The average Bonchev–Trinajstić information content (AvgIpc) is 3.36. The number of rotatable bonds is 6. The van der Waals surface area contributed by atoms with Crippen LogP contribution in [0.2, 0.25) is 5.02 Å². The number of anilines is 1. The quantitative estimate of drug-likeness (QED) is 0.297. The second kappa shape index (κ2) is 10.7. The number of sulfone groups is 1. The van der Waals surface area contributed by atoms with Crippen LogP contribution in [0.3, 0.4) is 0 Å². The smallest absolute Gasteiger partial charge is 0.342 e. The van der Waals surface area contributed by atoms with E-state index >= 15 is 0 Å². The summed E-state index contributed by atoms with van der Waals surface area (Å²) in [5.74, 6) is 0.971. The van der Waals surface area contributed by atoms with Gasteiger partial charge in [-0.1, -0.05) is 54.1 Å². The fourth-order valence-electron chi connectivity index (χ4n) is 4.14. The van der Waals surface area contributed by atoms with Gasteiger partial charge in [0.25, 0.3) is 0 Å². The summed E-state index contributed by atoms with van der Waals surface area (Å²) in [5.41, 5.74) is 3.36. The third-order valence-corrected chi connectivity index (χ3v) is 7.46. The van der Waals surface area contributed by atoms with E-state index in [4.69, 9.17) is 16.3 Å². The molecule has 0 spiro atoms. The van der Waals surface area contributed by atoms with Gasteiger partial charge in [0.1, 0.15) is 11.5 Å². The van der Waals surface area contributed by atoms with Gasteiger partial charge in [-0.15, -0.1) is 0 Å². The molecule has 2 amide bonds. The minimum absolute atomic E-state index is 0.0759. The number of benzene rings is 4. The first kappa shape index (κ1) is 25.5. The Kier molecular flexibility index (Phi) is 7.18. The average molecular weight is 546 g/mol. The fraction of sp³-hybridized carbons (Fsp3) is 0.103. The standard InChI is InChI=1S/C29H24ClN3O4S/c1-38(35,36)26-17-15-25(16-18-26)37-24-13-11-23(12-14-24)31-29(34)33-19-27(20-5-3-2-4-6-20)28(32-33)21-7-9-22(30)10-8-21/h2-18,27H,19H2,1H3,(H,31,34). The number of nitrogens with zero attached hydrogens (tertiary/aromatic N) is 2. The van der Waals surface area contributed by atoms with Crippen LogP contribution in [0.1, 0.15) is 17.0 Å². The lowest BCUT2D eigenvalue weighted by Gasteiger charge is -2.16. The van der Waals surface area contributed by atoms with Crippen molar-refractivity contribution in [3.05, 3.63) is 119 Å². The molecule has 0 aromatic heterocycles. The summed E-state index contributed by atoms with van der Waals surface area (Å²) < 4.78 is 29.0. The Labute approximate surface area is 226 Å². The molecule has 1 unspecified atom stereocenters. The number of ether oxygens (including phenoxy) is 1. The number of carbonyl (C=O) groups is 1. The molecular weight excluding hydrogens is 522 g/mol. The molecule has 0 saturated carbocycles. The van der Waals surface area contributed by atoms with Gasteiger partial charge in [0.05, 0.1) is 17.2 Å². The molecule has 1 heterocycles. The Morgan fingerprint density at radius 2 is 1.50 bits per heavy atom. The van der Waals surface area contributed by atoms with Crippen molar-refractivity contribution >= 4 is 38.9 Å². The van der Waals surface area contributed by atoms with Gasteiger partial charge in [0.2, 0.25) is 0 Å². The van der Waals surface area contributed by atoms with E-state index in [1.54, 1.807) is 36.4 Å². The van der Waals surface area contributed by atoms with E-state index in [0.29, 0.717) is 28.8 Å². The lowest BCUT2D eigenvalue weighted by molar-refractivity contribution is 0.218. The molecule has 0 radical (unpaired) electrons. The maximum atomic E-state index is 13.1. The third-order valence-electron chi connectivity index (χ3n) is 6.08. The molecule has 4 aromatic rings.